The molecule has 0 radical (unpaired) electrons. The molecule has 0 amide bonds. The maximum Gasteiger partial charge on any atom is 0.208 e. The lowest BCUT2D eigenvalue weighted by molar-refractivity contribution is 0.403. The highest BCUT2D eigenvalue weighted by molar-refractivity contribution is 5.83. The number of benzene rings is 1. The number of aryl methyl sites for hydroxylation is 1. The van der Waals surface area contributed by atoms with Gasteiger partial charge < -0.3 is 18.9 Å². The molecule has 0 fully saturated rings. The third kappa shape index (κ3) is 2.92. The van der Waals surface area contributed by atoms with Crippen LogP contribution in [-0.2, 0) is 19.5 Å². The Hall–Kier alpha value is -2.27. The van der Waals surface area contributed by atoms with Crippen molar-refractivity contribution in [1.82, 2.24) is 10.3 Å². The van der Waals surface area contributed by atoms with Crippen molar-refractivity contribution < 1.29 is 13.6 Å². The summed E-state index contributed by atoms with van der Waals surface area (Å²) < 4.78 is 16.6. The van der Waals surface area contributed by atoms with Crippen LogP contribution >= 0.6 is 0 Å². The maximum atomic E-state index is 5.82. The van der Waals surface area contributed by atoms with E-state index < -0.39 is 0 Å². The number of fused-ring (bicyclic) bond motifs is 1. The fraction of sp³-hybridized carbons (Fsp3) is 0.312. The van der Waals surface area contributed by atoms with Gasteiger partial charge in [0.2, 0.25) is 5.89 Å². The number of rotatable bonds is 6. The zero-order valence-electron chi connectivity index (χ0n) is 12.2. The van der Waals surface area contributed by atoms with Gasteiger partial charge in [0, 0.05) is 11.8 Å². The summed E-state index contributed by atoms with van der Waals surface area (Å²) in [5.41, 5.74) is 0.779. The van der Waals surface area contributed by atoms with Gasteiger partial charge in [0.1, 0.15) is 11.5 Å². The number of ether oxygens (including phenoxy) is 1. The average Bonchev–Trinajstić information content (AvgIpc) is 3.12. The molecule has 0 bridgehead atoms. The van der Waals surface area contributed by atoms with E-state index in [-0.39, 0.29) is 0 Å². The number of nitrogens with zero attached hydrogens (tertiary/aromatic N) is 1. The van der Waals surface area contributed by atoms with Crippen molar-refractivity contribution in [3.63, 3.8) is 0 Å². The highest BCUT2D eigenvalue weighted by atomic mass is 16.5. The molecule has 110 valence electrons. The van der Waals surface area contributed by atoms with Crippen LogP contribution in [0.1, 0.15) is 24.3 Å². The molecule has 2 heterocycles. The van der Waals surface area contributed by atoms with E-state index in [2.05, 4.69) is 10.3 Å². The van der Waals surface area contributed by atoms with Crippen LogP contribution in [-0.4, -0.2) is 12.1 Å². The van der Waals surface area contributed by atoms with Gasteiger partial charge in [-0.15, -0.1) is 0 Å². The molecule has 0 saturated heterocycles. The topological polar surface area (TPSA) is 60.4 Å². The second-order valence-corrected chi connectivity index (χ2v) is 4.77. The highest BCUT2D eigenvalue weighted by Gasteiger charge is 2.08. The first-order valence-electron chi connectivity index (χ1n) is 7.00. The average molecular weight is 286 g/mol. The number of oxazole rings is 1. The Labute approximate surface area is 122 Å². The van der Waals surface area contributed by atoms with Crippen molar-refractivity contribution >= 4 is 11.0 Å². The van der Waals surface area contributed by atoms with Crippen LogP contribution in [0, 0.1) is 0 Å². The van der Waals surface area contributed by atoms with E-state index in [1.807, 2.05) is 31.2 Å². The zero-order chi connectivity index (χ0) is 14.7. The standard InChI is InChI=1S/C16H18N2O3/c1-3-12-9-18-15(20-12)10-17-8-13-7-11-5-4-6-14(19-2)16(11)21-13/h4-7,9,17H,3,8,10H2,1-2H3. The van der Waals surface area contributed by atoms with Gasteiger partial charge >= 0.3 is 0 Å². The molecule has 0 saturated carbocycles. The highest BCUT2D eigenvalue weighted by Crippen LogP contribution is 2.28. The molecule has 0 aliphatic rings. The SMILES string of the molecule is CCc1cnc(CNCc2cc3cccc(OC)c3o2)o1. The quantitative estimate of drug-likeness (QED) is 0.753. The van der Waals surface area contributed by atoms with Crippen LogP contribution in [0.5, 0.6) is 5.75 Å². The molecule has 5 heteroatoms. The number of methoxy groups -OCH3 is 1. The molecule has 0 unspecified atom stereocenters. The summed E-state index contributed by atoms with van der Waals surface area (Å²) >= 11 is 0. The largest absolute Gasteiger partial charge is 0.493 e. The second-order valence-electron chi connectivity index (χ2n) is 4.77. The van der Waals surface area contributed by atoms with E-state index in [0.29, 0.717) is 19.0 Å². The minimum absolute atomic E-state index is 0.578. The molecule has 3 rings (SSSR count). The van der Waals surface area contributed by atoms with Crippen LogP contribution in [0.15, 0.2) is 39.3 Å². The van der Waals surface area contributed by atoms with Gasteiger partial charge in [-0.05, 0) is 12.1 Å². The fourth-order valence-corrected chi connectivity index (χ4v) is 2.22. The van der Waals surface area contributed by atoms with Crippen molar-refractivity contribution in [2.75, 3.05) is 7.11 Å². The summed E-state index contributed by atoms with van der Waals surface area (Å²) in [5, 5.41) is 4.30. The van der Waals surface area contributed by atoms with Gasteiger partial charge in [0.15, 0.2) is 11.3 Å². The summed E-state index contributed by atoms with van der Waals surface area (Å²) in [7, 11) is 1.64. The Morgan fingerprint density at radius 2 is 2.10 bits per heavy atom. The molecule has 5 nitrogen and oxygen atoms in total. The number of nitrogens with one attached hydrogen (secondary N) is 1. The van der Waals surface area contributed by atoms with E-state index in [4.69, 9.17) is 13.6 Å². The Morgan fingerprint density at radius 1 is 1.19 bits per heavy atom. The summed E-state index contributed by atoms with van der Waals surface area (Å²) in [6, 6.07) is 7.86. The van der Waals surface area contributed by atoms with Gasteiger partial charge in [0.25, 0.3) is 0 Å². The lowest BCUT2D eigenvalue weighted by Gasteiger charge is -2.00. The van der Waals surface area contributed by atoms with Crippen LogP contribution < -0.4 is 10.1 Å². The molecule has 0 spiro atoms. The third-order valence-corrected chi connectivity index (χ3v) is 3.30. The van der Waals surface area contributed by atoms with Gasteiger partial charge in [0.05, 0.1) is 26.4 Å². The monoisotopic (exact) mass is 286 g/mol. The Morgan fingerprint density at radius 3 is 2.86 bits per heavy atom. The number of para-hydroxylation sites is 1. The summed E-state index contributed by atoms with van der Waals surface area (Å²) in [6.07, 6.45) is 2.62. The first-order chi connectivity index (χ1) is 10.3. The number of aromatic nitrogens is 1. The first kappa shape index (κ1) is 13.7. The maximum absolute atomic E-state index is 5.82. The summed E-state index contributed by atoms with van der Waals surface area (Å²) in [5.74, 6) is 3.21. The van der Waals surface area contributed by atoms with Gasteiger partial charge in [-0.1, -0.05) is 19.1 Å². The predicted molar refractivity (Wildman–Crippen MR) is 79.2 cm³/mol. The Balaban J connectivity index is 1.65. The summed E-state index contributed by atoms with van der Waals surface area (Å²) in [6.45, 7) is 3.23. The Kier molecular flexibility index (Phi) is 3.92. The van der Waals surface area contributed by atoms with Gasteiger partial charge in [-0.3, -0.25) is 0 Å². The molecule has 2 aromatic heterocycles. The third-order valence-electron chi connectivity index (χ3n) is 3.30. The van der Waals surface area contributed by atoms with Crippen LogP contribution in [0.3, 0.4) is 0 Å². The number of hydrogen-bond donors (Lipinski definition) is 1. The van der Waals surface area contributed by atoms with E-state index in [0.717, 1.165) is 34.7 Å². The molecule has 0 aliphatic carbocycles. The summed E-state index contributed by atoms with van der Waals surface area (Å²) in [4.78, 5) is 4.21. The second kappa shape index (κ2) is 6.01. The fourth-order valence-electron chi connectivity index (χ4n) is 2.22. The lowest BCUT2D eigenvalue weighted by atomic mass is 10.2. The minimum Gasteiger partial charge on any atom is -0.493 e. The molecule has 0 atom stereocenters. The molecule has 21 heavy (non-hydrogen) atoms. The molecule has 0 aliphatic heterocycles. The molecule has 3 aromatic rings. The van der Waals surface area contributed by atoms with Crippen LogP contribution in [0.25, 0.3) is 11.0 Å². The van der Waals surface area contributed by atoms with Crippen molar-refractivity contribution in [2.24, 2.45) is 0 Å². The predicted octanol–water partition coefficient (Wildman–Crippen LogP) is 3.28. The van der Waals surface area contributed by atoms with E-state index in [1.165, 1.54) is 0 Å². The van der Waals surface area contributed by atoms with Gasteiger partial charge in [-0.25, -0.2) is 4.98 Å². The van der Waals surface area contributed by atoms with Crippen LogP contribution in [0.2, 0.25) is 0 Å². The van der Waals surface area contributed by atoms with E-state index in [1.54, 1.807) is 13.3 Å². The van der Waals surface area contributed by atoms with Crippen molar-refractivity contribution in [1.29, 1.82) is 0 Å². The molecular weight excluding hydrogens is 268 g/mol. The van der Waals surface area contributed by atoms with Crippen LogP contribution in [0.4, 0.5) is 0 Å². The smallest absolute Gasteiger partial charge is 0.208 e. The molecule has 1 aromatic carbocycles. The number of hydrogen-bond acceptors (Lipinski definition) is 5. The first-order valence-corrected chi connectivity index (χ1v) is 7.00. The lowest BCUT2D eigenvalue weighted by Crippen LogP contribution is -2.12. The van der Waals surface area contributed by atoms with Crippen molar-refractivity contribution in [3.8, 4) is 5.75 Å². The molecular formula is C16H18N2O3. The van der Waals surface area contributed by atoms with Gasteiger partial charge in [-0.2, -0.15) is 0 Å². The normalized spacial score (nSPS) is 11.1. The number of furan rings is 1. The van der Waals surface area contributed by atoms with E-state index >= 15 is 0 Å². The minimum atomic E-state index is 0.578. The van der Waals surface area contributed by atoms with E-state index in [9.17, 15) is 0 Å². The van der Waals surface area contributed by atoms with Crippen molar-refractivity contribution in [2.45, 2.75) is 26.4 Å². The Bertz CT molecular complexity index is 730. The zero-order valence-corrected chi connectivity index (χ0v) is 12.2. The van der Waals surface area contributed by atoms with Crippen molar-refractivity contribution in [3.05, 3.63) is 47.9 Å². The molecule has 1 N–H and O–H groups in total.